The number of aliphatic carboxylic acids is 1. The minimum absolute atomic E-state index is 0.0856. The average molecular weight is 544 g/mol. The highest BCUT2D eigenvalue weighted by Crippen LogP contribution is 2.09. The number of carbonyl (C=O) groups excluding carboxylic acids is 4. The van der Waals surface area contributed by atoms with Crippen LogP contribution in [0.4, 0.5) is 0 Å². The molecule has 0 bridgehead atoms. The summed E-state index contributed by atoms with van der Waals surface area (Å²) in [5.74, 6) is -4.19. The lowest BCUT2D eigenvalue weighted by Gasteiger charge is -2.26. The third-order valence-electron chi connectivity index (χ3n) is 6.38. The molecule has 0 saturated carbocycles. The van der Waals surface area contributed by atoms with Crippen LogP contribution in [0.15, 0.2) is 42.9 Å². The Morgan fingerprint density at radius 2 is 1.56 bits per heavy atom. The van der Waals surface area contributed by atoms with Crippen LogP contribution in [0.1, 0.15) is 44.4 Å². The van der Waals surface area contributed by atoms with Gasteiger partial charge in [0.25, 0.3) is 0 Å². The van der Waals surface area contributed by atoms with Gasteiger partial charge in [0.1, 0.15) is 18.1 Å². The van der Waals surface area contributed by atoms with Crippen molar-refractivity contribution in [1.29, 1.82) is 0 Å². The number of carboxylic acids is 1. The summed E-state index contributed by atoms with van der Waals surface area (Å²) < 4.78 is 0. The molecule has 13 nitrogen and oxygen atoms in total. The van der Waals surface area contributed by atoms with Gasteiger partial charge in [0.2, 0.25) is 23.6 Å². The zero-order valence-electron chi connectivity index (χ0n) is 22.1. The molecule has 0 aliphatic rings. The highest BCUT2D eigenvalue weighted by atomic mass is 16.4. The first-order valence-corrected chi connectivity index (χ1v) is 12.7. The number of aromatic nitrogens is 2. The molecule has 0 saturated heterocycles. The number of nitrogens with two attached hydrogens (primary N) is 2. The minimum atomic E-state index is -1.33. The number of carboxylic acid groups (broad SMARTS) is 1. The van der Waals surface area contributed by atoms with Gasteiger partial charge in [-0.25, -0.2) is 9.78 Å². The van der Waals surface area contributed by atoms with E-state index in [4.69, 9.17) is 11.5 Å². The molecule has 1 aromatic carbocycles. The number of H-pyrrole nitrogens is 1. The minimum Gasteiger partial charge on any atom is -0.480 e. The summed E-state index contributed by atoms with van der Waals surface area (Å²) in [5, 5.41) is 17.2. The predicted molar refractivity (Wildman–Crippen MR) is 142 cm³/mol. The van der Waals surface area contributed by atoms with Gasteiger partial charge >= 0.3 is 5.97 Å². The third-order valence-corrected chi connectivity index (χ3v) is 6.38. The molecule has 9 N–H and O–H groups in total. The van der Waals surface area contributed by atoms with Crippen LogP contribution in [0.2, 0.25) is 0 Å². The van der Waals surface area contributed by atoms with Crippen LogP contribution >= 0.6 is 0 Å². The second-order valence-electron chi connectivity index (χ2n) is 9.41. The van der Waals surface area contributed by atoms with Crippen LogP contribution in [0.3, 0.4) is 0 Å². The lowest BCUT2D eigenvalue weighted by atomic mass is 9.98. The van der Waals surface area contributed by atoms with Gasteiger partial charge in [-0.3, -0.25) is 19.2 Å². The molecule has 0 radical (unpaired) electrons. The van der Waals surface area contributed by atoms with E-state index in [-0.39, 0.29) is 31.6 Å². The summed E-state index contributed by atoms with van der Waals surface area (Å²) in [6.07, 6.45) is 3.05. The van der Waals surface area contributed by atoms with Gasteiger partial charge in [-0.05, 0) is 17.9 Å². The number of primary amides is 1. The summed E-state index contributed by atoms with van der Waals surface area (Å²) in [4.78, 5) is 69.1. The highest BCUT2D eigenvalue weighted by Gasteiger charge is 2.31. The molecule has 4 amide bonds. The number of aromatic amines is 1. The number of nitrogens with zero attached hydrogens (tertiary/aromatic N) is 1. The number of hydrogen-bond donors (Lipinski definition) is 7. The second kappa shape index (κ2) is 15.2. The third kappa shape index (κ3) is 10.2. The molecule has 0 spiro atoms. The summed E-state index contributed by atoms with van der Waals surface area (Å²) in [5.41, 5.74) is 12.5. The number of imidazole rings is 1. The molecule has 0 aliphatic heterocycles. The Kier molecular flexibility index (Phi) is 12.1. The molecule has 1 heterocycles. The molecular weight excluding hydrogens is 506 g/mol. The maximum absolute atomic E-state index is 13.4. The molecule has 2 rings (SSSR count). The number of benzene rings is 1. The zero-order chi connectivity index (χ0) is 28.9. The second-order valence-corrected chi connectivity index (χ2v) is 9.41. The Hall–Kier alpha value is -4.26. The molecule has 0 aliphatic carbocycles. The van der Waals surface area contributed by atoms with Gasteiger partial charge in [0.15, 0.2) is 0 Å². The zero-order valence-corrected chi connectivity index (χ0v) is 22.1. The SMILES string of the molecule is CCC(C)C(N)C(=O)NC(Cc1ccccc1)C(=O)NC(CCC(N)=O)C(=O)NC(Cc1cnc[nH]1)C(=O)O. The summed E-state index contributed by atoms with van der Waals surface area (Å²) in [6, 6.07) is 4.36. The largest absolute Gasteiger partial charge is 0.480 e. The Balaban J connectivity index is 2.23. The fraction of sp³-hybridized carbons (Fsp3) is 0.462. The summed E-state index contributed by atoms with van der Waals surface area (Å²) >= 11 is 0. The Labute approximate surface area is 226 Å². The summed E-state index contributed by atoms with van der Waals surface area (Å²) in [7, 11) is 0. The van der Waals surface area contributed by atoms with Crippen molar-refractivity contribution in [3.8, 4) is 0 Å². The van der Waals surface area contributed by atoms with Crippen molar-refractivity contribution >= 4 is 29.6 Å². The molecular formula is C26H37N7O6. The molecule has 212 valence electrons. The van der Waals surface area contributed by atoms with Crippen molar-refractivity contribution in [3.63, 3.8) is 0 Å². The highest BCUT2D eigenvalue weighted by molar-refractivity contribution is 5.94. The van der Waals surface area contributed by atoms with E-state index < -0.39 is 53.8 Å². The van der Waals surface area contributed by atoms with E-state index in [2.05, 4.69) is 25.9 Å². The van der Waals surface area contributed by atoms with Crippen molar-refractivity contribution in [2.24, 2.45) is 17.4 Å². The van der Waals surface area contributed by atoms with Gasteiger partial charge < -0.3 is 37.5 Å². The van der Waals surface area contributed by atoms with Crippen molar-refractivity contribution in [3.05, 3.63) is 54.1 Å². The van der Waals surface area contributed by atoms with Crippen LogP contribution in [0.25, 0.3) is 0 Å². The van der Waals surface area contributed by atoms with Crippen molar-refractivity contribution in [2.45, 2.75) is 70.1 Å². The molecule has 0 fully saturated rings. The first-order valence-electron chi connectivity index (χ1n) is 12.7. The van der Waals surface area contributed by atoms with E-state index in [0.29, 0.717) is 12.1 Å². The smallest absolute Gasteiger partial charge is 0.326 e. The van der Waals surface area contributed by atoms with Crippen LogP contribution in [0.5, 0.6) is 0 Å². The summed E-state index contributed by atoms with van der Waals surface area (Å²) in [6.45, 7) is 3.72. The fourth-order valence-electron chi connectivity index (χ4n) is 3.76. The van der Waals surface area contributed by atoms with Crippen LogP contribution in [-0.4, -0.2) is 68.8 Å². The molecule has 39 heavy (non-hydrogen) atoms. The lowest BCUT2D eigenvalue weighted by Crippen LogP contribution is -2.58. The van der Waals surface area contributed by atoms with E-state index in [1.54, 1.807) is 24.3 Å². The number of amides is 4. The quantitative estimate of drug-likeness (QED) is 0.144. The van der Waals surface area contributed by atoms with Crippen LogP contribution in [-0.2, 0) is 36.8 Å². The van der Waals surface area contributed by atoms with Crippen LogP contribution in [0, 0.1) is 5.92 Å². The molecule has 5 atom stereocenters. The van der Waals surface area contributed by atoms with E-state index in [9.17, 15) is 29.1 Å². The van der Waals surface area contributed by atoms with E-state index in [1.165, 1.54) is 12.5 Å². The van der Waals surface area contributed by atoms with E-state index >= 15 is 0 Å². The van der Waals surface area contributed by atoms with Crippen molar-refractivity contribution in [2.75, 3.05) is 0 Å². The normalized spacial score (nSPS) is 14.7. The monoisotopic (exact) mass is 543 g/mol. The number of rotatable bonds is 16. The maximum Gasteiger partial charge on any atom is 0.326 e. The lowest BCUT2D eigenvalue weighted by molar-refractivity contribution is -0.142. The van der Waals surface area contributed by atoms with E-state index in [0.717, 1.165) is 5.56 Å². The molecule has 5 unspecified atom stereocenters. The van der Waals surface area contributed by atoms with E-state index in [1.807, 2.05) is 19.9 Å². The Morgan fingerprint density at radius 3 is 2.13 bits per heavy atom. The molecule has 13 heteroatoms. The maximum atomic E-state index is 13.4. The number of nitrogens with one attached hydrogen (secondary N) is 4. The fourth-order valence-corrected chi connectivity index (χ4v) is 3.76. The van der Waals surface area contributed by atoms with Crippen molar-refractivity contribution in [1.82, 2.24) is 25.9 Å². The Bertz CT molecular complexity index is 1110. The topological polar surface area (TPSA) is 222 Å². The van der Waals surface area contributed by atoms with Gasteiger partial charge in [-0.1, -0.05) is 50.6 Å². The first-order chi connectivity index (χ1) is 18.5. The predicted octanol–water partition coefficient (Wildman–Crippen LogP) is -0.627. The molecule has 1 aromatic heterocycles. The number of hydrogen-bond acceptors (Lipinski definition) is 7. The van der Waals surface area contributed by atoms with Gasteiger partial charge in [-0.15, -0.1) is 0 Å². The molecule has 2 aromatic rings. The van der Waals surface area contributed by atoms with Crippen molar-refractivity contribution < 1.29 is 29.1 Å². The van der Waals surface area contributed by atoms with Crippen LogP contribution < -0.4 is 27.4 Å². The van der Waals surface area contributed by atoms with Gasteiger partial charge in [-0.2, -0.15) is 0 Å². The van der Waals surface area contributed by atoms with Gasteiger partial charge in [0.05, 0.1) is 12.4 Å². The van der Waals surface area contributed by atoms with Gasteiger partial charge in [0, 0.05) is 31.2 Å². The number of carbonyl (C=O) groups is 5. The average Bonchev–Trinajstić information content (AvgIpc) is 3.42. The standard InChI is InChI=1S/C26H37N7O6/c1-3-15(2)22(28)25(37)32-19(11-16-7-5-4-6-8-16)24(36)31-18(9-10-21(27)34)23(35)33-20(26(38)39)12-17-13-29-14-30-17/h4-8,13-15,18-20,22H,3,9-12,28H2,1-2H3,(H2,27,34)(H,29,30)(H,31,36)(H,32,37)(H,33,35)(H,38,39). The first kappa shape index (κ1) is 31.0. The Morgan fingerprint density at radius 1 is 0.949 bits per heavy atom.